The molecule has 0 aliphatic carbocycles. The highest BCUT2D eigenvalue weighted by molar-refractivity contribution is 5.99. The normalized spacial score (nSPS) is 18.4. The van der Waals surface area contributed by atoms with Crippen molar-refractivity contribution in [1.82, 2.24) is 19.7 Å². The van der Waals surface area contributed by atoms with Crippen LogP contribution in [0.4, 0.5) is 4.79 Å². The number of carbonyl (C=O) groups is 2. The summed E-state index contributed by atoms with van der Waals surface area (Å²) in [6, 6.07) is 14.3. The van der Waals surface area contributed by atoms with Crippen LogP contribution >= 0.6 is 0 Å². The number of nitrogens with one attached hydrogen (secondary N) is 1. The predicted octanol–water partition coefficient (Wildman–Crippen LogP) is 4.99. The summed E-state index contributed by atoms with van der Waals surface area (Å²) >= 11 is 0. The first-order chi connectivity index (χ1) is 18.9. The lowest BCUT2D eigenvalue weighted by Gasteiger charge is -2.34. The lowest BCUT2D eigenvalue weighted by atomic mass is 9.98. The number of aromatic nitrogens is 1. The van der Waals surface area contributed by atoms with Gasteiger partial charge < -0.3 is 24.3 Å². The molecule has 1 atom stereocenters. The average Bonchev–Trinajstić information content (AvgIpc) is 3.25. The van der Waals surface area contributed by atoms with E-state index in [1.165, 1.54) is 11.1 Å². The first-order valence-electron chi connectivity index (χ1n) is 14.1. The molecule has 3 aromatic rings. The van der Waals surface area contributed by atoms with Crippen molar-refractivity contribution in [3.63, 3.8) is 0 Å². The summed E-state index contributed by atoms with van der Waals surface area (Å²) in [7, 11) is 0. The lowest BCUT2D eigenvalue weighted by molar-refractivity contribution is 0.0633. The number of piperidine rings is 1. The van der Waals surface area contributed by atoms with Crippen molar-refractivity contribution in [2.45, 2.75) is 40.2 Å². The number of benzene rings is 2. The maximum absolute atomic E-state index is 13.3. The Labute approximate surface area is 230 Å². The minimum atomic E-state index is -0.215. The van der Waals surface area contributed by atoms with Crippen LogP contribution in [0.1, 0.15) is 46.9 Å². The van der Waals surface area contributed by atoms with Crippen molar-refractivity contribution in [3.8, 4) is 5.75 Å². The third-order valence-electron chi connectivity index (χ3n) is 8.07. The molecular weight excluding hydrogens is 492 g/mol. The molecule has 2 aliphatic rings. The van der Waals surface area contributed by atoms with Crippen molar-refractivity contribution in [2.75, 3.05) is 52.5 Å². The SMILES string of the molecule is CCOC(=O)N1CCN(Cc2ccc(OCC3CCCN(C(=O)c4ccc5[nH]c(C)c(C)c5c4)C3)cc2)CC1. The minimum absolute atomic E-state index is 0.104. The van der Waals surface area contributed by atoms with Crippen molar-refractivity contribution < 1.29 is 19.1 Å². The van der Waals surface area contributed by atoms with Gasteiger partial charge in [0.1, 0.15) is 5.75 Å². The summed E-state index contributed by atoms with van der Waals surface area (Å²) < 4.78 is 11.3. The quantitative estimate of drug-likeness (QED) is 0.464. The van der Waals surface area contributed by atoms with Gasteiger partial charge in [-0.15, -0.1) is 0 Å². The fourth-order valence-corrected chi connectivity index (χ4v) is 5.63. The number of aromatic amines is 1. The van der Waals surface area contributed by atoms with Gasteiger partial charge >= 0.3 is 6.09 Å². The van der Waals surface area contributed by atoms with Crippen LogP contribution in [0, 0.1) is 19.8 Å². The summed E-state index contributed by atoms with van der Waals surface area (Å²) in [5.41, 5.74) is 5.41. The van der Waals surface area contributed by atoms with Gasteiger partial charge in [-0.05, 0) is 75.1 Å². The van der Waals surface area contributed by atoms with Crippen molar-refractivity contribution in [1.29, 1.82) is 0 Å². The zero-order valence-electron chi connectivity index (χ0n) is 23.4. The van der Waals surface area contributed by atoms with E-state index in [2.05, 4.69) is 35.9 Å². The molecule has 0 radical (unpaired) electrons. The molecule has 1 N–H and O–H groups in total. The highest BCUT2D eigenvalue weighted by atomic mass is 16.6. The van der Waals surface area contributed by atoms with Crippen molar-refractivity contribution in [3.05, 3.63) is 64.8 Å². The molecule has 208 valence electrons. The van der Waals surface area contributed by atoms with Gasteiger partial charge in [0.25, 0.3) is 5.91 Å². The summed E-state index contributed by atoms with van der Waals surface area (Å²) in [6.07, 6.45) is 1.84. The standard InChI is InChI=1S/C31H40N4O4/c1-4-38-31(37)34-16-14-33(15-17-34)19-24-7-10-27(11-8-24)39-21-25-6-5-13-35(20-25)30(36)26-9-12-29-28(18-26)22(2)23(3)32-29/h7-12,18,25,32H,4-6,13-17,19-21H2,1-3H3. The molecule has 3 heterocycles. The highest BCUT2D eigenvalue weighted by Gasteiger charge is 2.26. The van der Waals surface area contributed by atoms with E-state index in [1.807, 2.05) is 42.2 Å². The van der Waals surface area contributed by atoms with E-state index in [0.29, 0.717) is 32.2 Å². The van der Waals surface area contributed by atoms with E-state index in [1.54, 1.807) is 4.90 Å². The zero-order chi connectivity index (χ0) is 27.4. The van der Waals surface area contributed by atoms with Gasteiger partial charge in [-0.2, -0.15) is 0 Å². The van der Waals surface area contributed by atoms with Crippen LogP contribution in [0.15, 0.2) is 42.5 Å². The average molecular weight is 533 g/mol. The summed E-state index contributed by atoms with van der Waals surface area (Å²) in [5.74, 6) is 1.28. The van der Waals surface area contributed by atoms with Gasteiger partial charge in [0.2, 0.25) is 0 Å². The van der Waals surface area contributed by atoms with Crippen LogP contribution in [0.5, 0.6) is 5.75 Å². The van der Waals surface area contributed by atoms with E-state index in [0.717, 1.165) is 73.5 Å². The Morgan fingerprint density at radius 2 is 1.74 bits per heavy atom. The molecule has 1 aromatic heterocycles. The van der Waals surface area contributed by atoms with Crippen LogP contribution in [-0.2, 0) is 11.3 Å². The molecule has 8 heteroatoms. The second kappa shape index (κ2) is 12.1. The number of fused-ring (bicyclic) bond motifs is 1. The molecular formula is C31H40N4O4. The molecule has 2 amide bonds. The Balaban J connectivity index is 1.09. The van der Waals surface area contributed by atoms with Crippen LogP contribution < -0.4 is 4.74 Å². The Morgan fingerprint density at radius 1 is 0.974 bits per heavy atom. The number of amides is 2. The van der Waals surface area contributed by atoms with E-state index in [9.17, 15) is 9.59 Å². The van der Waals surface area contributed by atoms with Crippen LogP contribution in [0.2, 0.25) is 0 Å². The molecule has 2 fully saturated rings. The first-order valence-corrected chi connectivity index (χ1v) is 14.1. The zero-order valence-corrected chi connectivity index (χ0v) is 23.4. The third kappa shape index (κ3) is 6.38. The van der Waals surface area contributed by atoms with Gasteiger partial charge in [-0.1, -0.05) is 12.1 Å². The van der Waals surface area contributed by atoms with Crippen molar-refractivity contribution in [2.24, 2.45) is 5.92 Å². The molecule has 8 nitrogen and oxygen atoms in total. The molecule has 0 spiro atoms. The van der Waals surface area contributed by atoms with Gasteiger partial charge in [0, 0.05) is 73.9 Å². The fraction of sp³-hybridized carbons (Fsp3) is 0.484. The predicted molar refractivity (Wildman–Crippen MR) is 152 cm³/mol. The minimum Gasteiger partial charge on any atom is -0.493 e. The highest BCUT2D eigenvalue weighted by Crippen LogP contribution is 2.25. The number of hydrogen-bond donors (Lipinski definition) is 1. The van der Waals surface area contributed by atoms with Crippen LogP contribution in [0.25, 0.3) is 10.9 Å². The van der Waals surface area contributed by atoms with E-state index in [-0.39, 0.29) is 12.0 Å². The molecule has 0 bridgehead atoms. The third-order valence-corrected chi connectivity index (χ3v) is 8.07. The molecule has 1 unspecified atom stereocenters. The van der Waals surface area contributed by atoms with Gasteiger partial charge in [-0.25, -0.2) is 4.79 Å². The summed E-state index contributed by atoms with van der Waals surface area (Å²) in [4.78, 5) is 34.7. The molecule has 0 saturated carbocycles. The van der Waals surface area contributed by atoms with Gasteiger partial charge in [0.15, 0.2) is 0 Å². The number of hydrogen-bond acceptors (Lipinski definition) is 5. The summed E-state index contributed by atoms with van der Waals surface area (Å²) in [5, 5.41) is 1.12. The first kappa shape index (κ1) is 27.1. The molecule has 2 saturated heterocycles. The lowest BCUT2D eigenvalue weighted by Crippen LogP contribution is -2.48. The second-order valence-corrected chi connectivity index (χ2v) is 10.8. The fourth-order valence-electron chi connectivity index (χ4n) is 5.63. The van der Waals surface area contributed by atoms with E-state index >= 15 is 0 Å². The number of nitrogens with zero attached hydrogens (tertiary/aromatic N) is 3. The van der Waals surface area contributed by atoms with Gasteiger partial charge in [-0.3, -0.25) is 9.69 Å². The number of rotatable bonds is 7. The smallest absolute Gasteiger partial charge is 0.409 e. The number of likely N-dealkylation sites (tertiary alicyclic amines) is 1. The number of carbonyl (C=O) groups excluding carboxylic acids is 2. The number of aryl methyl sites for hydroxylation is 2. The summed E-state index contributed by atoms with van der Waals surface area (Å²) in [6.45, 7) is 12.4. The van der Waals surface area contributed by atoms with Crippen molar-refractivity contribution >= 4 is 22.9 Å². The van der Waals surface area contributed by atoms with E-state index < -0.39 is 0 Å². The molecule has 2 aliphatic heterocycles. The second-order valence-electron chi connectivity index (χ2n) is 10.8. The molecule has 2 aromatic carbocycles. The van der Waals surface area contributed by atoms with Crippen LogP contribution in [0.3, 0.4) is 0 Å². The number of ether oxygens (including phenoxy) is 2. The number of piperazine rings is 1. The topological polar surface area (TPSA) is 78.1 Å². The maximum Gasteiger partial charge on any atom is 0.409 e. The largest absolute Gasteiger partial charge is 0.493 e. The van der Waals surface area contributed by atoms with Crippen LogP contribution in [-0.4, -0.2) is 84.2 Å². The molecule has 39 heavy (non-hydrogen) atoms. The Hall–Kier alpha value is -3.52. The van der Waals surface area contributed by atoms with Gasteiger partial charge in [0.05, 0.1) is 13.2 Å². The Bertz CT molecular complexity index is 1290. The number of H-pyrrole nitrogens is 1. The monoisotopic (exact) mass is 532 g/mol. The Morgan fingerprint density at radius 3 is 2.49 bits per heavy atom. The Kier molecular flexibility index (Phi) is 8.41. The van der Waals surface area contributed by atoms with E-state index in [4.69, 9.17) is 9.47 Å². The maximum atomic E-state index is 13.3. The molecule has 5 rings (SSSR count).